The molecule has 0 spiro atoms. The van der Waals surface area contributed by atoms with E-state index in [9.17, 15) is 4.79 Å². The number of amides is 1. The van der Waals surface area contributed by atoms with Crippen molar-refractivity contribution in [3.63, 3.8) is 0 Å². The number of aryl methyl sites for hydroxylation is 1. The van der Waals surface area contributed by atoms with Gasteiger partial charge in [-0.1, -0.05) is 0 Å². The minimum atomic E-state index is -0.0687. The summed E-state index contributed by atoms with van der Waals surface area (Å²) in [6, 6.07) is 3.43. The Balaban J connectivity index is 2.61. The molecule has 0 aliphatic heterocycles. The molecule has 3 N–H and O–H groups in total. The van der Waals surface area contributed by atoms with Crippen LogP contribution in [0.25, 0.3) is 11.0 Å². The van der Waals surface area contributed by atoms with E-state index in [1.165, 1.54) is 4.90 Å². The number of nitrogens with zero attached hydrogens (tertiary/aromatic N) is 2. The van der Waals surface area contributed by atoms with Gasteiger partial charge in [-0.05, 0) is 19.1 Å². The van der Waals surface area contributed by atoms with Crippen LogP contribution >= 0.6 is 0 Å². The monoisotopic (exact) mass is 218 g/mol. The Hall–Kier alpha value is -2.04. The summed E-state index contributed by atoms with van der Waals surface area (Å²) in [5.41, 5.74) is 8.45. The molecule has 0 atom stereocenters. The van der Waals surface area contributed by atoms with Crippen LogP contribution < -0.4 is 5.73 Å². The Morgan fingerprint density at radius 3 is 2.75 bits per heavy atom. The molecule has 0 saturated heterocycles. The van der Waals surface area contributed by atoms with Crippen LogP contribution in [0, 0.1) is 6.92 Å². The zero-order valence-corrected chi connectivity index (χ0v) is 9.53. The molecule has 5 nitrogen and oxygen atoms in total. The van der Waals surface area contributed by atoms with E-state index in [1.54, 1.807) is 26.2 Å². The normalized spacial score (nSPS) is 10.7. The maximum absolute atomic E-state index is 11.8. The number of anilines is 1. The number of nitrogens with two attached hydrogens (primary N) is 1. The first-order chi connectivity index (χ1) is 7.49. The highest BCUT2D eigenvalue weighted by atomic mass is 16.2. The van der Waals surface area contributed by atoms with Gasteiger partial charge in [0.25, 0.3) is 5.91 Å². The summed E-state index contributed by atoms with van der Waals surface area (Å²) in [6.07, 6.45) is 0. The fourth-order valence-electron chi connectivity index (χ4n) is 1.65. The van der Waals surface area contributed by atoms with E-state index < -0.39 is 0 Å². The van der Waals surface area contributed by atoms with Crippen molar-refractivity contribution in [3.8, 4) is 0 Å². The number of carbonyl (C=O) groups is 1. The molecule has 1 aromatic carbocycles. The summed E-state index contributed by atoms with van der Waals surface area (Å²) in [7, 11) is 3.42. The number of imidazole rings is 1. The molecule has 1 heterocycles. The molecule has 16 heavy (non-hydrogen) atoms. The largest absolute Gasteiger partial charge is 0.397 e. The average molecular weight is 218 g/mol. The lowest BCUT2D eigenvalue weighted by Crippen LogP contribution is -2.21. The number of carbonyl (C=O) groups excluding carboxylic acids is 1. The zero-order valence-electron chi connectivity index (χ0n) is 9.53. The van der Waals surface area contributed by atoms with Gasteiger partial charge in [0, 0.05) is 19.7 Å². The molecule has 2 aromatic rings. The van der Waals surface area contributed by atoms with Gasteiger partial charge in [-0.15, -0.1) is 0 Å². The number of H-pyrrole nitrogens is 1. The van der Waals surface area contributed by atoms with Crippen LogP contribution in [-0.4, -0.2) is 34.9 Å². The second kappa shape index (κ2) is 3.52. The van der Waals surface area contributed by atoms with Crippen LogP contribution in [0.3, 0.4) is 0 Å². The SMILES string of the molecule is Cc1nc2c(N)cc(C(=O)N(C)C)cc2[nH]1. The molecular weight excluding hydrogens is 204 g/mol. The Bertz CT molecular complexity index is 556. The molecule has 0 fully saturated rings. The van der Waals surface area contributed by atoms with E-state index in [0.717, 1.165) is 11.3 Å². The molecule has 0 unspecified atom stereocenters. The summed E-state index contributed by atoms with van der Waals surface area (Å²) in [6.45, 7) is 1.85. The molecular formula is C11H14N4O. The molecule has 5 heteroatoms. The summed E-state index contributed by atoms with van der Waals surface area (Å²) in [5.74, 6) is 0.719. The second-order valence-electron chi connectivity index (χ2n) is 3.98. The zero-order chi connectivity index (χ0) is 11.9. The van der Waals surface area contributed by atoms with E-state index in [2.05, 4.69) is 9.97 Å². The fourth-order valence-corrected chi connectivity index (χ4v) is 1.65. The van der Waals surface area contributed by atoms with Crippen LogP contribution in [-0.2, 0) is 0 Å². The predicted molar refractivity (Wildman–Crippen MR) is 63.3 cm³/mol. The van der Waals surface area contributed by atoms with Crippen molar-refractivity contribution in [1.82, 2.24) is 14.9 Å². The maximum Gasteiger partial charge on any atom is 0.253 e. The third-order valence-corrected chi connectivity index (χ3v) is 2.39. The van der Waals surface area contributed by atoms with Gasteiger partial charge >= 0.3 is 0 Å². The van der Waals surface area contributed by atoms with Gasteiger partial charge < -0.3 is 15.6 Å². The van der Waals surface area contributed by atoms with Crippen molar-refractivity contribution in [3.05, 3.63) is 23.5 Å². The Morgan fingerprint density at radius 1 is 1.44 bits per heavy atom. The molecule has 0 saturated carbocycles. The molecule has 2 rings (SSSR count). The van der Waals surface area contributed by atoms with Crippen molar-refractivity contribution in [1.29, 1.82) is 0 Å². The van der Waals surface area contributed by atoms with Crippen LogP contribution in [0.1, 0.15) is 16.2 Å². The van der Waals surface area contributed by atoms with Gasteiger partial charge in [-0.2, -0.15) is 0 Å². The highest BCUT2D eigenvalue weighted by molar-refractivity contribution is 6.00. The highest BCUT2D eigenvalue weighted by Crippen LogP contribution is 2.21. The van der Waals surface area contributed by atoms with Gasteiger partial charge in [0.05, 0.1) is 11.2 Å². The standard InChI is InChI=1S/C11H14N4O/c1-6-13-9-5-7(11(16)15(2)3)4-8(12)10(9)14-6/h4-5H,12H2,1-3H3,(H,13,14). The molecule has 1 aromatic heterocycles. The van der Waals surface area contributed by atoms with Crippen molar-refractivity contribution >= 4 is 22.6 Å². The summed E-state index contributed by atoms with van der Waals surface area (Å²) >= 11 is 0. The van der Waals surface area contributed by atoms with Crippen molar-refractivity contribution in [2.45, 2.75) is 6.92 Å². The molecule has 0 aliphatic carbocycles. The number of hydrogen-bond acceptors (Lipinski definition) is 3. The van der Waals surface area contributed by atoms with E-state index in [-0.39, 0.29) is 5.91 Å². The first-order valence-electron chi connectivity index (χ1n) is 4.96. The minimum Gasteiger partial charge on any atom is -0.397 e. The number of fused-ring (bicyclic) bond motifs is 1. The topological polar surface area (TPSA) is 75.0 Å². The Kier molecular flexibility index (Phi) is 2.30. The first-order valence-corrected chi connectivity index (χ1v) is 4.96. The van der Waals surface area contributed by atoms with E-state index in [0.29, 0.717) is 16.8 Å². The quantitative estimate of drug-likeness (QED) is 0.705. The molecule has 0 bridgehead atoms. The minimum absolute atomic E-state index is 0.0687. The number of nitrogen functional groups attached to an aromatic ring is 1. The molecule has 0 aliphatic rings. The summed E-state index contributed by atoms with van der Waals surface area (Å²) in [5, 5.41) is 0. The van der Waals surface area contributed by atoms with Crippen LogP contribution in [0.2, 0.25) is 0 Å². The number of hydrogen-bond donors (Lipinski definition) is 2. The second-order valence-corrected chi connectivity index (χ2v) is 3.98. The average Bonchev–Trinajstić information content (AvgIpc) is 2.57. The van der Waals surface area contributed by atoms with Gasteiger partial charge in [0.2, 0.25) is 0 Å². The van der Waals surface area contributed by atoms with Crippen LogP contribution in [0.4, 0.5) is 5.69 Å². The lowest BCUT2D eigenvalue weighted by molar-refractivity contribution is 0.0828. The first kappa shape index (κ1) is 10.5. The number of aromatic amines is 1. The van der Waals surface area contributed by atoms with Crippen LogP contribution in [0.5, 0.6) is 0 Å². The third-order valence-electron chi connectivity index (χ3n) is 2.39. The van der Waals surface area contributed by atoms with E-state index in [1.807, 2.05) is 6.92 Å². The van der Waals surface area contributed by atoms with Gasteiger partial charge in [0.1, 0.15) is 11.3 Å². The smallest absolute Gasteiger partial charge is 0.253 e. The number of nitrogens with one attached hydrogen (secondary N) is 1. The van der Waals surface area contributed by atoms with Gasteiger partial charge in [-0.3, -0.25) is 4.79 Å². The van der Waals surface area contributed by atoms with Gasteiger partial charge in [0.15, 0.2) is 0 Å². The van der Waals surface area contributed by atoms with E-state index in [4.69, 9.17) is 5.73 Å². The highest BCUT2D eigenvalue weighted by Gasteiger charge is 2.12. The number of aromatic nitrogens is 2. The number of rotatable bonds is 1. The maximum atomic E-state index is 11.8. The summed E-state index contributed by atoms with van der Waals surface area (Å²) < 4.78 is 0. The Labute approximate surface area is 93.3 Å². The van der Waals surface area contributed by atoms with Crippen molar-refractivity contribution in [2.24, 2.45) is 0 Å². The number of benzene rings is 1. The van der Waals surface area contributed by atoms with Crippen molar-refractivity contribution < 1.29 is 4.79 Å². The third kappa shape index (κ3) is 1.60. The predicted octanol–water partition coefficient (Wildman–Crippen LogP) is 1.16. The molecule has 1 amide bonds. The van der Waals surface area contributed by atoms with E-state index >= 15 is 0 Å². The fraction of sp³-hybridized carbons (Fsp3) is 0.273. The summed E-state index contributed by atoms with van der Waals surface area (Å²) in [4.78, 5) is 20.6. The van der Waals surface area contributed by atoms with Crippen molar-refractivity contribution in [2.75, 3.05) is 19.8 Å². The Morgan fingerprint density at radius 2 is 2.12 bits per heavy atom. The van der Waals surface area contributed by atoms with Gasteiger partial charge in [-0.25, -0.2) is 4.98 Å². The molecule has 84 valence electrons. The lowest BCUT2D eigenvalue weighted by Gasteiger charge is -2.10. The van der Waals surface area contributed by atoms with Crippen LogP contribution in [0.15, 0.2) is 12.1 Å². The lowest BCUT2D eigenvalue weighted by atomic mass is 10.1. The molecule has 0 radical (unpaired) electrons.